The van der Waals surface area contributed by atoms with Crippen molar-refractivity contribution in [1.82, 2.24) is 0 Å². The summed E-state index contributed by atoms with van der Waals surface area (Å²) in [6, 6.07) is 3.40. The fourth-order valence-electron chi connectivity index (χ4n) is 2.06. The van der Waals surface area contributed by atoms with E-state index in [2.05, 4.69) is 6.58 Å². The summed E-state index contributed by atoms with van der Waals surface area (Å²) in [6.45, 7) is 3.76. The van der Waals surface area contributed by atoms with Crippen molar-refractivity contribution in [2.45, 2.75) is 5.60 Å². The largest absolute Gasteiger partial charge is 0.509 e. The lowest BCUT2D eigenvalue weighted by Gasteiger charge is -2.23. The van der Waals surface area contributed by atoms with Crippen LogP contribution >= 0.6 is 0 Å². The van der Waals surface area contributed by atoms with Gasteiger partial charge in [0.25, 0.3) is 0 Å². The van der Waals surface area contributed by atoms with E-state index in [1.807, 2.05) is 0 Å². The van der Waals surface area contributed by atoms with Crippen LogP contribution in [0.25, 0.3) is 0 Å². The van der Waals surface area contributed by atoms with Gasteiger partial charge in [0.05, 0.1) is 21.3 Å². The number of carbonyl (C=O) groups excluding carboxylic acids is 1. The molecule has 1 unspecified atom stereocenters. The summed E-state index contributed by atoms with van der Waals surface area (Å²) in [5.74, 6) is 1.39. The Balaban J connectivity index is 2.57. The molecule has 0 aliphatic carbocycles. The average Bonchev–Trinajstić information content (AvgIpc) is 2.88. The Hall–Kier alpha value is -2.37. The lowest BCUT2D eigenvalue weighted by molar-refractivity contribution is 0.0884. The highest BCUT2D eigenvalue weighted by Crippen LogP contribution is 2.43. The normalized spacial score (nSPS) is 20.9. The maximum absolute atomic E-state index is 11.2. The Morgan fingerprint density at radius 3 is 2.15 bits per heavy atom. The van der Waals surface area contributed by atoms with Crippen molar-refractivity contribution in [3.8, 4) is 17.2 Å². The number of benzene rings is 1. The zero-order valence-electron chi connectivity index (χ0n) is 11.6. The Labute approximate surface area is 116 Å². The second kappa shape index (κ2) is 5.32. The van der Waals surface area contributed by atoms with Gasteiger partial charge in [-0.15, -0.1) is 0 Å². The van der Waals surface area contributed by atoms with Crippen LogP contribution in [-0.2, 0) is 15.1 Å². The third-order valence-electron chi connectivity index (χ3n) is 3.15. The SMILES string of the molecule is C=CC1(c2cc(OC)c(OC)c(OC)c2)COC(=O)O1. The van der Waals surface area contributed by atoms with E-state index < -0.39 is 11.8 Å². The van der Waals surface area contributed by atoms with Gasteiger partial charge in [0.15, 0.2) is 17.1 Å². The van der Waals surface area contributed by atoms with Gasteiger partial charge in [-0.2, -0.15) is 0 Å². The molecule has 0 bridgehead atoms. The maximum atomic E-state index is 11.2. The van der Waals surface area contributed by atoms with Gasteiger partial charge < -0.3 is 23.7 Å². The summed E-state index contributed by atoms with van der Waals surface area (Å²) in [6.07, 6.45) is 0.775. The quantitative estimate of drug-likeness (QED) is 0.609. The highest BCUT2D eigenvalue weighted by atomic mass is 16.8. The molecule has 1 heterocycles. The summed E-state index contributed by atoms with van der Waals surface area (Å²) >= 11 is 0. The molecule has 1 saturated heterocycles. The van der Waals surface area contributed by atoms with Gasteiger partial charge in [0.1, 0.15) is 6.61 Å². The van der Waals surface area contributed by atoms with Crippen LogP contribution < -0.4 is 14.2 Å². The van der Waals surface area contributed by atoms with Crippen LogP contribution in [0.1, 0.15) is 5.56 Å². The first-order chi connectivity index (χ1) is 9.60. The number of carbonyl (C=O) groups is 1. The van der Waals surface area contributed by atoms with E-state index in [4.69, 9.17) is 23.7 Å². The maximum Gasteiger partial charge on any atom is 0.509 e. The van der Waals surface area contributed by atoms with Crippen molar-refractivity contribution >= 4 is 6.16 Å². The lowest BCUT2D eigenvalue weighted by atomic mass is 9.94. The number of hydrogen-bond acceptors (Lipinski definition) is 6. The molecule has 0 aromatic heterocycles. The molecule has 0 spiro atoms. The Bertz CT molecular complexity index is 513. The van der Waals surface area contributed by atoms with Crippen LogP contribution in [0.5, 0.6) is 17.2 Å². The van der Waals surface area contributed by atoms with E-state index in [-0.39, 0.29) is 6.61 Å². The minimum atomic E-state index is -1.05. The van der Waals surface area contributed by atoms with Gasteiger partial charge in [-0.3, -0.25) is 0 Å². The van der Waals surface area contributed by atoms with Crippen LogP contribution in [0.3, 0.4) is 0 Å². The molecule has 6 nitrogen and oxygen atoms in total. The van der Waals surface area contributed by atoms with Gasteiger partial charge in [-0.05, 0) is 18.2 Å². The first-order valence-corrected chi connectivity index (χ1v) is 5.90. The standard InChI is InChI=1S/C14H16O6/c1-5-14(8-19-13(15)20-14)9-6-10(16-2)12(18-4)11(7-9)17-3/h5-7H,1,8H2,2-4H3. The zero-order valence-corrected chi connectivity index (χ0v) is 11.6. The van der Waals surface area contributed by atoms with Crippen LogP contribution in [0, 0.1) is 0 Å². The molecule has 0 radical (unpaired) electrons. The second-order valence-electron chi connectivity index (χ2n) is 4.15. The van der Waals surface area contributed by atoms with Crippen LogP contribution in [0.15, 0.2) is 24.8 Å². The Kier molecular flexibility index (Phi) is 3.74. The molecule has 0 saturated carbocycles. The van der Waals surface area contributed by atoms with E-state index in [0.717, 1.165) is 0 Å². The highest BCUT2D eigenvalue weighted by Gasteiger charge is 2.42. The second-order valence-corrected chi connectivity index (χ2v) is 4.15. The Morgan fingerprint density at radius 1 is 1.20 bits per heavy atom. The predicted molar refractivity (Wildman–Crippen MR) is 70.4 cm³/mol. The lowest BCUT2D eigenvalue weighted by Crippen LogP contribution is -2.26. The number of methoxy groups -OCH3 is 3. The molecule has 6 heteroatoms. The summed E-state index contributed by atoms with van der Waals surface area (Å²) < 4.78 is 25.9. The molecule has 1 aliphatic heterocycles. The minimum Gasteiger partial charge on any atom is -0.493 e. The summed E-state index contributed by atoms with van der Waals surface area (Å²) in [7, 11) is 4.54. The summed E-state index contributed by atoms with van der Waals surface area (Å²) in [5.41, 5.74) is -0.419. The molecule has 0 amide bonds. The molecule has 108 valence electrons. The highest BCUT2D eigenvalue weighted by molar-refractivity contribution is 5.65. The van der Waals surface area contributed by atoms with Crippen molar-refractivity contribution in [2.75, 3.05) is 27.9 Å². The third kappa shape index (κ3) is 2.13. The van der Waals surface area contributed by atoms with Gasteiger partial charge >= 0.3 is 6.16 Å². The average molecular weight is 280 g/mol. The van der Waals surface area contributed by atoms with Crippen molar-refractivity contribution in [3.63, 3.8) is 0 Å². The smallest absolute Gasteiger partial charge is 0.493 e. The molecule has 1 aromatic rings. The summed E-state index contributed by atoms with van der Waals surface area (Å²) in [4.78, 5) is 11.2. The molecule has 1 fully saturated rings. The number of ether oxygens (including phenoxy) is 5. The number of hydrogen-bond donors (Lipinski definition) is 0. The van der Waals surface area contributed by atoms with E-state index >= 15 is 0 Å². The Morgan fingerprint density at radius 2 is 1.80 bits per heavy atom. The van der Waals surface area contributed by atoms with E-state index in [1.54, 1.807) is 12.1 Å². The van der Waals surface area contributed by atoms with Crippen molar-refractivity contribution < 1.29 is 28.5 Å². The monoisotopic (exact) mass is 280 g/mol. The molecule has 2 rings (SSSR count). The molecular formula is C14H16O6. The van der Waals surface area contributed by atoms with Gasteiger partial charge in [-0.1, -0.05) is 6.58 Å². The number of rotatable bonds is 5. The third-order valence-corrected chi connectivity index (χ3v) is 3.15. The minimum absolute atomic E-state index is 0.0496. The summed E-state index contributed by atoms with van der Waals surface area (Å²) in [5, 5.41) is 0. The van der Waals surface area contributed by atoms with Gasteiger partial charge in [-0.25, -0.2) is 4.79 Å². The molecular weight excluding hydrogens is 264 g/mol. The van der Waals surface area contributed by atoms with Crippen molar-refractivity contribution in [2.24, 2.45) is 0 Å². The molecule has 1 atom stereocenters. The van der Waals surface area contributed by atoms with E-state index in [0.29, 0.717) is 22.8 Å². The molecule has 1 aliphatic rings. The van der Waals surface area contributed by atoms with Crippen LogP contribution in [0.2, 0.25) is 0 Å². The topological polar surface area (TPSA) is 63.2 Å². The van der Waals surface area contributed by atoms with Crippen molar-refractivity contribution in [1.29, 1.82) is 0 Å². The van der Waals surface area contributed by atoms with E-state index in [9.17, 15) is 4.79 Å². The molecule has 20 heavy (non-hydrogen) atoms. The molecule has 1 aromatic carbocycles. The first kappa shape index (κ1) is 14.0. The van der Waals surface area contributed by atoms with Crippen molar-refractivity contribution in [3.05, 3.63) is 30.4 Å². The van der Waals surface area contributed by atoms with Crippen LogP contribution in [-0.4, -0.2) is 34.1 Å². The predicted octanol–water partition coefficient (Wildman–Crippen LogP) is 2.26. The van der Waals surface area contributed by atoms with E-state index in [1.165, 1.54) is 27.4 Å². The van der Waals surface area contributed by atoms with Gasteiger partial charge in [0.2, 0.25) is 5.75 Å². The number of cyclic esters (lactones) is 2. The first-order valence-electron chi connectivity index (χ1n) is 5.90. The molecule has 0 N–H and O–H groups in total. The fourth-order valence-corrected chi connectivity index (χ4v) is 2.06. The zero-order chi connectivity index (χ0) is 14.8. The van der Waals surface area contributed by atoms with Gasteiger partial charge in [0, 0.05) is 5.56 Å². The van der Waals surface area contributed by atoms with Crippen LogP contribution in [0.4, 0.5) is 4.79 Å². The fraction of sp³-hybridized carbons (Fsp3) is 0.357.